The van der Waals surface area contributed by atoms with Crippen molar-refractivity contribution in [3.05, 3.63) is 42.5 Å². The summed E-state index contributed by atoms with van der Waals surface area (Å²) >= 11 is 0. The Kier molecular flexibility index (Phi) is 4.41. The first-order valence-electron chi connectivity index (χ1n) is 4.68. The molecule has 0 unspecified atom stereocenters. The summed E-state index contributed by atoms with van der Waals surface area (Å²) in [6.07, 6.45) is 1.86. The van der Waals surface area contributed by atoms with Crippen LogP contribution in [0.25, 0.3) is 0 Å². The highest BCUT2D eigenvalue weighted by molar-refractivity contribution is 5.81. The third-order valence-electron chi connectivity index (χ3n) is 1.96. The largest absolute Gasteiger partial charge is 0.497 e. The number of benzene rings is 1. The molecule has 0 heterocycles. The molecule has 0 aliphatic carbocycles. The minimum absolute atomic E-state index is 0.372. The molecule has 1 aromatic carbocycles. The Morgan fingerprint density at radius 2 is 2.07 bits per heavy atom. The van der Waals surface area contributed by atoms with E-state index in [2.05, 4.69) is 6.58 Å². The molecule has 3 nitrogen and oxygen atoms in total. The van der Waals surface area contributed by atoms with E-state index < -0.39 is 0 Å². The van der Waals surface area contributed by atoms with Gasteiger partial charge in [-0.25, -0.2) is 4.79 Å². The lowest BCUT2D eigenvalue weighted by Crippen LogP contribution is -2.04. The fourth-order valence-electron chi connectivity index (χ4n) is 1.12. The smallest absolute Gasteiger partial charge is 0.330 e. The van der Waals surface area contributed by atoms with Gasteiger partial charge in [-0.15, -0.1) is 0 Å². The zero-order valence-electron chi connectivity index (χ0n) is 8.73. The van der Waals surface area contributed by atoms with Crippen LogP contribution in [0.1, 0.15) is 5.56 Å². The summed E-state index contributed by atoms with van der Waals surface area (Å²) in [5.74, 6) is 0.436. The molecule has 0 amide bonds. The van der Waals surface area contributed by atoms with Gasteiger partial charge < -0.3 is 9.47 Å². The second kappa shape index (κ2) is 5.86. The van der Waals surface area contributed by atoms with Crippen molar-refractivity contribution in [3.63, 3.8) is 0 Å². The first-order chi connectivity index (χ1) is 7.26. The maximum Gasteiger partial charge on any atom is 0.330 e. The molecule has 1 rings (SSSR count). The molecule has 80 valence electrons. The lowest BCUT2D eigenvalue weighted by atomic mass is 10.1. The van der Waals surface area contributed by atoms with Gasteiger partial charge in [0.25, 0.3) is 0 Å². The third kappa shape index (κ3) is 3.85. The summed E-state index contributed by atoms with van der Waals surface area (Å²) in [7, 11) is 1.63. The van der Waals surface area contributed by atoms with Crippen molar-refractivity contribution >= 4 is 5.97 Å². The normalized spacial score (nSPS) is 9.40. The molecule has 15 heavy (non-hydrogen) atoms. The molecule has 0 saturated heterocycles. The predicted octanol–water partition coefficient (Wildman–Crippen LogP) is 1.97. The molecule has 0 aromatic heterocycles. The van der Waals surface area contributed by atoms with Gasteiger partial charge in [-0.3, -0.25) is 0 Å². The molecule has 0 atom stereocenters. The number of rotatable bonds is 5. The van der Waals surface area contributed by atoms with E-state index in [0.29, 0.717) is 13.0 Å². The highest BCUT2D eigenvalue weighted by Gasteiger charge is 1.97. The van der Waals surface area contributed by atoms with Crippen LogP contribution in [0.3, 0.4) is 0 Å². The average molecular weight is 206 g/mol. The number of ether oxygens (including phenoxy) is 2. The van der Waals surface area contributed by atoms with Crippen LogP contribution in [-0.4, -0.2) is 19.7 Å². The maximum absolute atomic E-state index is 10.7. The Labute approximate surface area is 89.3 Å². The fourth-order valence-corrected chi connectivity index (χ4v) is 1.12. The van der Waals surface area contributed by atoms with Crippen molar-refractivity contribution in [2.24, 2.45) is 0 Å². The van der Waals surface area contributed by atoms with E-state index in [4.69, 9.17) is 9.47 Å². The van der Waals surface area contributed by atoms with Crippen molar-refractivity contribution in [3.8, 4) is 5.75 Å². The molecule has 0 aliphatic rings. The minimum Gasteiger partial charge on any atom is -0.497 e. The van der Waals surface area contributed by atoms with E-state index in [9.17, 15) is 4.79 Å². The molecule has 0 bridgehead atoms. The molecule has 0 aliphatic heterocycles. The van der Waals surface area contributed by atoms with Crippen molar-refractivity contribution in [1.82, 2.24) is 0 Å². The Hall–Kier alpha value is -1.77. The summed E-state index contributed by atoms with van der Waals surface area (Å²) in [6.45, 7) is 3.69. The second-order valence-electron chi connectivity index (χ2n) is 2.97. The Balaban J connectivity index is 2.37. The van der Waals surface area contributed by atoms with Gasteiger partial charge in [-0.05, 0) is 17.7 Å². The molecule has 0 fully saturated rings. The van der Waals surface area contributed by atoms with Gasteiger partial charge in [0.1, 0.15) is 5.75 Å². The topological polar surface area (TPSA) is 35.5 Å². The zero-order valence-corrected chi connectivity index (χ0v) is 8.73. The standard InChI is InChI=1S/C12H14O3/c1-3-12(13)15-9-8-10-4-6-11(14-2)7-5-10/h3-7H,1,8-9H2,2H3. The van der Waals surface area contributed by atoms with Crippen LogP contribution >= 0.6 is 0 Å². The van der Waals surface area contributed by atoms with E-state index in [1.807, 2.05) is 24.3 Å². The summed E-state index contributed by atoms with van der Waals surface area (Å²) < 4.78 is 9.89. The molecule has 1 aromatic rings. The molecular weight excluding hydrogens is 192 g/mol. The maximum atomic E-state index is 10.7. The van der Waals surface area contributed by atoms with Crippen LogP contribution in [0.2, 0.25) is 0 Å². The van der Waals surface area contributed by atoms with Crippen LogP contribution < -0.4 is 4.74 Å². The Bertz CT molecular complexity index is 327. The number of esters is 1. The number of carbonyl (C=O) groups is 1. The van der Waals surface area contributed by atoms with Gasteiger partial charge in [-0.1, -0.05) is 18.7 Å². The first kappa shape index (κ1) is 11.3. The number of hydrogen-bond donors (Lipinski definition) is 0. The van der Waals surface area contributed by atoms with Crippen molar-refractivity contribution in [2.75, 3.05) is 13.7 Å². The van der Waals surface area contributed by atoms with Gasteiger partial charge in [-0.2, -0.15) is 0 Å². The molecule has 0 spiro atoms. The summed E-state index contributed by atoms with van der Waals surface area (Å²) in [5, 5.41) is 0. The van der Waals surface area contributed by atoms with Gasteiger partial charge in [0, 0.05) is 12.5 Å². The first-order valence-corrected chi connectivity index (χ1v) is 4.68. The zero-order chi connectivity index (χ0) is 11.1. The highest BCUT2D eigenvalue weighted by Crippen LogP contribution is 2.11. The van der Waals surface area contributed by atoms with Crippen LogP contribution in [0.5, 0.6) is 5.75 Å². The monoisotopic (exact) mass is 206 g/mol. The molecular formula is C12H14O3. The van der Waals surface area contributed by atoms with Crippen molar-refractivity contribution < 1.29 is 14.3 Å². The van der Waals surface area contributed by atoms with Crippen LogP contribution in [-0.2, 0) is 16.0 Å². The van der Waals surface area contributed by atoms with Crippen molar-refractivity contribution in [1.29, 1.82) is 0 Å². The van der Waals surface area contributed by atoms with E-state index in [1.165, 1.54) is 0 Å². The predicted molar refractivity (Wildman–Crippen MR) is 57.9 cm³/mol. The Morgan fingerprint density at radius 1 is 1.40 bits per heavy atom. The van der Waals surface area contributed by atoms with E-state index in [-0.39, 0.29) is 5.97 Å². The summed E-state index contributed by atoms with van der Waals surface area (Å²) in [4.78, 5) is 10.7. The van der Waals surface area contributed by atoms with E-state index in [1.54, 1.807) is 7.11 Å². The van der Waals surface area contributed by atoms with E-state index >= 15 is 0 Å². The van der Waals surface area contributed by atoms with E-state index in [0.717, 1.165) is 17.4 Å². The highest BCUT2D eigenvalue weighted by atomic mass is 16.5. The average Bonchev–Trinajstić information content (AvgIpc) is 2.29. The van der Waals surface area contributed by atoms with Crippen molar-refractivity contribution in [2.45, 2.75) is 6.42 Å². The summed E-state index contributed by atoms with van der Waals surface area (Å²) in [5.41, 5.74) is 1.10. The molecule has 0 saturated carbocycles. The lowest BCUT2D eigenvalue weighted by molar-refractivity contribution is -0.137. The fraction of sp³-hybridized carbons (Fsp3) is 0.250. The van der Waals surface area contributed by atoms with Crippen LogP contribution in [0.4, 0.5) is 0 Å². The molecule has 0 N–H and O–H groups in total. The van der Waals surface area contributed by atoms with Gasteiger partial charge in [0.15, 0.2) is 0 Å². The molecule has 3 heteroatoms. The van der Waals surface area contributed by atoms with Gasteiger partial charge >= 0.3 is 5.97 Å². The Morgan fingerprint density at radius 3 is 2.60 bits per heavy atom. The van der Waals surface area contributed by atoms with Gasteiger partial charge in [0.2, 0.25) is 0 Å². The number of methoxy groups -OCH3 is 1. The summed E-state index contributed by atoms with van der Waals surface area (Å²) in [6, 6.07) is 7.65. The third-order valence-corrected chi connectivity index (χ3v) is 1.96. The molecule has 0 radical (unpaired) electrons. The van der Waals surface area contributed by atoms with Crippen LogP contribution in [0, 0.1) is 0 Å². The minimum atomic E-state index is -0.386. The second-order valence-corrected chi connectivity index (χ2v) is 2.97. The number of hydrogen-bond acceptors (Lipinski definition) is 3. The van der Waals surface area contributed by atoms with Gasteiger partial charge in [0.05, 0.1) is 13.7 Å². The quantitative estimate of drug-likeness (QED) is 0.545. The lowest BCUT2D eigenvalue weighted by Gasteiger charge is -2.03. The SMILES string of the molecule is C=CC(=O)OCCc1ccc(OC)cc1. The van der Waals surface area contributed by atoms with Crippen LogP contribution in [0.15, 0.2) is 36.9 Å². The number of carbonyl (C=O) groups excluding carboxylic acids is 1.